The zero-order valence-corrected chi connectivity index (χ0v) is 16.6. The molecule has 7 heteroatoms. The summed E-state index contributed by atoms with van der Waals surface area (Å²) in [6, 6.07) is 5.41. The minimum absolute atomic E-state index is 0.0900. The second kappa shape index (κ2) is 7.54. The monoisotopic (exact) mass is 396 g/mol. The third kappa shape index (κ3) is 3.36. The number of nitrogens with one attached hydrogen (secondary N) is 3. The van der Waals surface area contributed by atoms with Crippen LogP contribution in [-0.4, -0.2) is 48.3 Å². The molecule has 3 N–H and O–H groups in total. The number of fused-ring (bicyclic) bond motifs is 2. The van der Waals surface area contributed by atoms with E-state index in [1.54, 1.807) is 4.90 Å². The van der Waals surface area contributed by atoms with Crippen molar-refractivity contribution in [1.82, 2.24) is 20.9 Å². The smallest absolute Gasteiger partial charge is 0.255 e. The molecule has 5 rings (SSSR count). The minimum atomic E-state index is -0.557. The molecule has 3 fully saturated rings. The Morgan fingerprint density at radius 2 is 2.00 bits per heavy atom. The van der Waals surface area contributed by atoms with Crippen molar-refractivity contribution < 1.29 is 14.4 Å². The number of benzene rings is 1. The Hall–Kier alpha value is -2.25. The SMILES string of the molecule is O=C1CCC(N2Cc3cccc(CNCC4CCC5CNCC45)c3C2=O)C(=O)N1. The number of rotatable bonds is 5. The van der Waals surface area contributed by atoms with Crippen molar-refractivity contribution in [2.45, 2.75) is 44.8 Å². The van der Waals surface area contributed by atoms with Gasteiger partial charge in [-0.25, -0.2) is 0 Å². The quantitative estimate of drug-likeness (QED) is 0.640. The summed E-state index contributed by atoms with van der Waals surface area (Å²) in [7, 11) is 0. The Bertz CT molecular complexity index is 854. The Kier molecular flexibility index (Phi) is 4.87. The molecule has 0 spiro atoms. The molecule has 0 aromatic heterocycles. The fourth-order valence-electron chi connectivity index (χ4n) is 5.75. The summed E-state index contributed by atoms with van der Waals surface area (Å²) in [5.41, 5.74) is 2.71. The van der Waals surface area contributed by atoms with Crippen LogP contribution in [0.25, 0.3) is 0 Å². The highest BCUT2D eigenvalue weighted by atomic mass is 16.2. The molecule has 0 bridgehead atoms. The normalized spacial score (nSPS) is 31.2. The first-order valence-electron chi connectivity index (χ1n) is 10.8. The van der Waals surface area contributed by atoms with Crippen LogP contribution in [0.15, 0.2) is 18.2 Å². The summed E-state index contributed by atoms with van der Waals surface area (Å²) in [6.07, 6.45) is 3.29. The van der Waals surface area contributed by atoms with Gasteiger partial charge in [0, 0.05) is 25.1 Å². The molecule has 154 valence electrons. The molecule has 0 radical (unpaired) electrons. The van der Waals surface area contributed by atoms with Gasteiger partial charge in [-0.1, -0.05) is 18.2 Å². The van der Waals surface area contributed by atoms with E-state index in [2.05, 4.69) is 16.0 Å². The Morgan fingerprint density at radius 3 is 2.86 bits per heavy atom. The average Bonchev–Trinajstić information content (AvgIpc) is 3.39. The van der Waals surface area contributed by atoms with Gasteiger partial charge < -0.3 is 15.5 Å². The lowest BCUT2D eigenvalue weighted by Gasteiger charge is -2.29. The van der Waals surface area contributed by atoms with Gasteiger partial charge in [-0.15, -0.1) is 0 Å². The first-order valence-corrected chi connectivity index (χ1v) is 10.8. The van der Waals surface area contributed by atoms with Crippen molar-refractivity contribution in [3.05, 3.63) is 34.9 Å². The van der Waals surface area contributed by atoms with Crippen LogP contribution in [0.5, 0.6) is 0 Å². The minimum Gasteiger partial charge on any atom is -0.322 e. The summed E-state index contributed by atoms with van der Waals surface area (Å²) in [6.45, 7) is 4.39. The number of hydrogen-bond acceptors (Lipinski definition) is 5. The molecule has 1 aromatic carbocycles. The van der Waals surface area contributed by atoms with Gasteiger partial charge in [0.2, 0.25) is 11.8 Å². The lowest BCUT2D eigenvalue weighted by atomic mass is 9.92. The first kappa shape index (κ1) is 18.8. The van der Waals surface area contributed by atoms with Gasteiger partial charge in [0.1, 0.15) is 6.04 Å². The molecule has 4 aliphatic rings. The number of carbonyl (C=O) groups is 3. The van der Waals surface area contributed by atoms with E-state index in [4.69, 9.17) is 0 Å². The Morgan fingerprint density at radius 1 is 1.10 bits per heavy atom. The number of piperidine rings is 1. The molecule has 2 saturated heterocycles. The van der Waals surface area contributed by atoms with E-state index in [9.17, 15) is 14.4 Å². The van der Waals surface area contributed by atoms with Crippen LogP contribution in [0.4, 0.5) is 0 Å². The van der Waals surface area contributed by atoms with Crippen molar-refractivity contribution in [2.75, 3.05) is 19.6 Å². The molecule has 1 aromatic rings. The summed E-state index contributed by atoms with van der Waals surface area (Å²) in [5, 5.41) is 9.47. The summed E-state index contributed by atoms with van der Waals surface area (Å²) in [4.78, 5) is 38.4. The van der Waals surface area contributed by atoms with Crippen molar-refractivity contribution >= 4 is 17.7 Å². The van der Waals surface area contributed by atoms with Gasteiger partial charge in [0.25, 0.3) is 5.91 Å². The van der Waals surface area contributed by atoms with E-state index < -0.39 is 6.04 Å². The maximum Gasteiger partial charge on any atom is 0.255 e. The number of hydrogen-bond donors (Lipinski definition) is 3. The third-order valence-corrected chi connectivity index (χ3v) is 7.27. The molecule has 7 nitrogen and oxygen atoms in total. The zero-order valence-electron chi connectivity index (χ0n) is 16.6. The largest absolute Gasteiger partial charge is 0.322 e. The molecule has 1 aliphatic carbocycles. The molecule has 4 unspecified atom stereocenters. The Balaban J connectivity index is 1.25. The molecular weight excluding hydrogens is 368 g/mol. The van der Waals surface area contributed by atoms with Crippen molar-refractivity contribution in [1.29, 1.82) is 0 Å². The lowest BCUT2D eigenvalue weighted by Crippen LogP contribution is -2.52. The fraction of sp³-hybridized carbons (Fsp3) is 0.591. The molecular formula is C22H28N4O3. The van der Waals surface area contributed by atoms with Gasteiger partial charge >= 0.3 is 0 Å². The zero-order chi connectivity index (χ0) is 20.0. The summed E-state index contributed by atoms with van der Waals surface area (Å²) >= 11 is 0. The maximum absolute atomic E-state index is 13.1. The van der Waals surface area contributed by atoms with E-state index in [0.717, 1.165) is 48.2 Å². The standard InChI is InChI=1S/C22H28N4O3/c27-19-7-6-18(21(28)25-19)26-12-16-3-1-2-15(20(16)22(26)29)10-23-8-13-4-5-14-9-24-11-17(13)14/h1-3,13-14,17-18,23-24H,4-12H2,(H,25,27,28). The van der Waals surface area contributed by atoms with Crippen molar-refractivity contribution in [3.63, 3.8) is 0 Å². The van der Waals surface area contributed by atoms with Gasteiger partial charge in [-0.3, -0.25) is 19.7 Å². The second-order valence-corrected chi connectivity index (χ2v) is 8.90. The molecule has 3 heterocycles. The molecule has 3 amide bonds. The maximum atomic E-state index is 13.1. The van der Waals surface area contributed by atoms with Crippen molar-refractivity contribution in [3.8, 4) is 0 Å². The summed E-state index contributed by atoms with van der Waals surface area (Å²) in [5.74, 6) is 1.63. The van der Waals surface area contributed by atoms with Gasteiger partial charge in [0.15, 0.2) is 0 Å². The molecule has 4 atom stereocenters. The predicted octanol–water partition coefficient (Wildman–Crippen LogP) is 0.783. The number of imide groups is 1. The molecule has 3 aliphatic heterocycles. The topological polar surface area (TPSA) is 90.5 Å². The molecule has 29 heavy (non-hydrogen) atoms. The van der Waals surface area contributed by atoms with Gasteiger partial charge in [-0.2, -0.15) is 0 Å². The third-order valence-electron chi connectivity index (χ3n) is 7.27. The van der Waals surface area contributed by atoms with Gasteiger partial charge in [0.05, 0.1) is 0 Å². The van der Waals surface area contributed by atoms with Crippen LogP contribution in [0, 0.1) is 17.8 Å². The average molecular weight is 396 g/mol. The van der Waals surface area contributed by atoms with Crippen LogP contribution < -0.4 is 16.0 Å². The first-order chi connectivity index (χ1) is 14.1. The number of amides is 3. The summed E-state index contributed by atoms with van der Waals surface area (Å²) < 4.78 is 0. The number of carbonyl (C=O) groups excluding carboxylic acids is 3. The highest BCUT2D eigenvalue weighted by Crippen LogP contribution is 2.39. The van der Waals surface area contributed by atoms with E-state index in [0.29, 0.717) is 25.4 Å². The van der Waals surface area contributed by atoms with Crippen LogP contribution in [0.3, 0.4) is 0 Å². The Labute approximate surface area is 170 Å². The van der Waals surface area contributed by atoms with Crippen LogP contribution in [-0.2, 0) is 22.7 Å². The fourth-order valence-corrected chi connectivity index (χ4v) is 5.75. The van der Waals surface area contributed by atoms with Crippen LogP contribution in [0.1, 0.15) is 47.2 Å². The highest BCUT2D eigenvalue weighted by Gasteiger charge is 2.40. The highest BCUT2D eigenvalue weighted by molar-refractivity contribution is 6.05. The van der Waals surface area contributed by atoms with E-state index in [1.807, 2.05) is 18.2 Å². The van der Waals surface area contributed by atoms with E-state index >= 15 is 0 Å². The van der Waals surface area contributed by atoms with Crippen molar-refractivity contribution in [2.24, 2.45) is 17.8 Å². The lowest BCUT2D eigenvalue weighted by molar-refractivity contribution is -0.136. The van der Waals surface area contributed by atoms with Crippen LogP contribution >= 0.6 is 0 Å². The molecule has 1 saturated carbocycles. The van der Waals surface area contributed by atoms with E-state index in [1.165, 1.54) is 12.8 Å². The van der Waals surface area contributed by atoms with Gasteiger partial charge in [-0.05, 0) is 67.8 Å². The van der Waals surface area contributed by atoms with Crippen LogP contribution in [0.2, 0.25) is 0 Å². The van der Waals surface area contributed by atoms with E-state index in [-0.39, 0.29) is 24.1 Å². The second-order valence-electron chi connectivity index (χ2n) is 8.90. The predicted molar refractivity (Wildman–Crippen MR) is 107 cm³/mol. The number of nitrogens with zero attached hydrogens (tertiary/aromatic N) is 1.